The van der Waals surface area contributed by atoms with Gasteiger partial charge < -0.3 is 9.67 Å². The first-order valence-electron chi connectivity index (χ1n) is 7.31. The minimum atomic E-state index is -3.51. The van der Waals surface area contributed by atoms with E-state index in [4.69, 9.17) is 0 Å². The molecule has 1 saturated carbocycles. The minimum Gasteiger partial charge on any atom is -0.390 e. The summed E-state index contributed by atoms with van der Waals surface area (Å²) in [6, 6.07) is 1.55. The highest BCUT2D eigenvalue weighted by atomic mass is 32.2. The molecule has 1 aromatic heterocycles. The van der Waals surface area contributed by atoms with Crippen LogP contribution < -0.4 is 4.72 Å². The van der Waals surface area contributed by atoms with E-state index in [2.05, 4.69) is 11.0 Å². The molecule has 1 heterocycles. The molecule has 0 aliphatic heterocycles. The Hall–Kier alpha value is -0.500. The summed E-state index contributed by atoms with van der Waals surface area (Å²) >= 11 is 1.76. The second-order valence-electron chi connectivity index (χ2n) is 5.53. The molecule has 0 spiro atoms. The second-order valence-corrected chi connectivity index (χ2v) is 8.57. The van der Waals surface area contributed by atoms with Crippen LogP contribution in [0.3, 0.4) is 0 Å². The van der Waals surface area contributed by atoms with Crippen molar-refractivity contribution >= 4 is 21.8 Å². The second kappa shape index (κ2) is 6.73. The van der Waals surface area contributed by atoms with Crippen molar-refractivity contribution in [2.24, 2.45) is 0 Å². The number of hydrogen-bond donors (Lipinski definition) is 2. The summed E-state index contributed by atoms with van der Waals surface area (Å²) in [4.78, 5) is 0.239. The van der Waals surface area contributed by atoms with Crippen LogP contribution in [0.15, 0.2) is 17.2 Å². The Morgan fingerprint density at radius 2 is 2.10 bits per heavy atom. The Kier molecular flexibility index (Phi) is 5.40. The average Bonchev–Trinajstić information content (AvgIpc) is 3.12. The molecule has 1 aromatic rings. The molecular weight excluding hydrogens is 308 g/mol. The lowest BCUT2D eigenvalue weighted by Gasteiger charge is -2.26. The SMILES string of the molecule is CCn1cc(S(=O)(=O)NCC2(SC)CCCC2)cc1CO. The molecular formula is C14H24N2O3S2. The molecule has 0 radical (unpaired) electrons. The van der Waals surface area contributed by atoms with Crippen molar-refractivity contribution in [3.05, 3.63) is 18.0 Å². The fraction of sp³-hybridized carbons (Fsp3) is 0.714. The fourth-order valence-electron chi connectivity index (χ4n) is 2.88. The lowest BCUT2D eigenvalue weighted by Crippen LogP contribution is -2.38. The van der Waals surface area contributed by atoms with Gasteiger partial charge in [-0.15, -0.1) is 0 Å². The molecule has 0 saturated heterocycles. The highest BCUT2D eigenvalue weighted by molar-refractivity contribution is 8.00. The summed E-state index contributed by atoms with van der Waals surface area (Å²) < 4.78 is 29.4. The van der Waals surface area contributed by atoms with Gasteiger partial charge in [-0.25, -0.2) is 13.1 Å². The van der Waals surface area contributed by atoms with Gasteiger partial charge in [-0.2, -0.15) is 11.8 Å². The van der Waals surface area contributed by atoms with Gasteiger partial charge >= 0.3 is 0 Å². The van der Waals surface area contributed by atoms with E-state index in [-0.39, 0.29) is 16.2 Å². The van der Waals surface area contributed by atoms with Gasteiger partial charge in [0.05, 0.1) is 11.5 Å². The molecule has 5 nitrogen and oxygen atoms in total. The topological polar surface area (TPSA) is 71.3 Å². The highest BCUT2D eigenvalue weighted by Crippen LogP contribution is 2.39. The number of aromatic nitrogens is 1. The predicted molar refractivity (Wildman–Crippen MR) is 85.9 cm³/mol. The quantitative estimate of drug-likeness (QED) is 0.801. The molecule has 1 aliphatic carbocycles. The normalized spacial score (nSPS) is 18.2. The predicted octanol–water partition coefficient (Wildman–Crippen LogP) is 1.95. The number of nitrogens with zero attached hydrogens (tertiary/aromatic N) is 1. The van der Waals surface area contributed by atoms with Crippen LogP contribution in [0.1, 0.15) is 38.3 Å². The van der Waals surface area contributed by atoms with Gasteiger partial charge in [-0.1, -0.05) is 12.8 Å². The molecule has 120 valence electrons. The lowest BCUT2D eigenvalue weighted by molar-refractivity contribution is 0.271. The number of hydrogen-bond acceptors (Lipinski definition) is 4. The van der Waals surface area contributed by atoms with Crippen LogP contribution in [0, 0.1) is 0 Å². The standard InChI is InChI=1S/C14H24N2O3S2/c1-3-16-9-13(8-12(16)10-17)21(18,19)15-11-14(20-2)6-4-5-7-14/h8-9,15,17H,3-7,10-11H2,1-2H3. The maximum atomic E-state index is 12.4. The molecule has 1 aliphatic rings. The van der Waals surface area contributed by atoms with Crippen molar-refractivity contribution in [3.63, 3.8) is 0 Å². The van der Waals surface area contributed by atoms with Gasteiger partial charge in [0.1, 0.15) is 0 Å². The van der Waals surface area contributed by atoms with Crippen molar-refractivity contribution in [1.82, 2.24) is 9.29 Å². The Labute approximate surface area is 131 Å². The largest absolute Gasteiger partial charge is 0.390 e. The van der Waals surface area contributed by atoms with Gasteiger partial charge in [0.25, 0.3) is 0 Å². The zero-order valence-corrected chi connectivity index (χ0v) is 14.3. The smallest absolute Gasteiger partial charge is 0.242 e. The van der Waals surface area contributed by atoms with Crippen molar-refractivity contribution in [3.8, 4) is 0 Å². The Bertz CT molecular complexity index is 554. The molecule has 2 N–H and O–H groups in total. The van der Waals surface area contributed by atoms with Crippen LogP contribution in [0.4, 0.5) is 0 Å². The van der Waals surface area contributed by atoms with E-state index in [0.717, 1.165) is 12.8 Å². The summed E-state index contributed by atoms with van der Waals surface area (Å²) in [5.41, 5.74) is 0.623. The lowest BCUT2D eigenvalue weighted by atomic mass is 10.1. The third kappa shape index (κ3) is 3.64. The number of thioether (sulfide) groups is 1. The van der Waals surface area contributed by atoms with Crippen LogP contribution in [0.25, 0.3) is 0 Å². The van der Waals surface area contributed by atoms with Crippen LogP contribution in [0.5, 0.6) is 0 Å². The first-order valence-corrected chi connectivity index (χ1v) is 10.0. The van der Waals surface area contributed by atoms with E-state index < -0.39 is 10.0 Å². The van der Waals surface area contributed by atoms with Gasteiger partial charge in [-0.3, -0.25) is 0 Å². The zero-order valence-electron chi connectivity index (χ0n) is 12.6. The van der Waals surface area contributed by atoms with E-state index >= 15 is 0 Å². The molecule has 1 fully saturated rings. The van der Waals surface area contributed by atoms with Gasteiger partial charge in [0.15, 0.2) is 0 Å². The molecule has 2 rings (SSSR count). The van der Waals surface area contributed by atoms with E-state index in [1.165, 1.54) is 12.8 Å². The Balaban J connectivity index is 2.13. The molecule has 0 amide bonds. The third-order valence-electron chi connectivity index (χ3n) is 4.31. The highest BCUT2D eigenvalue weighted by Gasteiger charge is 2.34. The maximum Gasteiger partial charge on any atom is 0.242 e. The Morgan fingerprint density at radius 3 is 2.57 bits per heavy atom. The summed E-state index contributed by atoms with van der Waals surface area (Å²) in [7, 11) is -3.51. The summed E-state index contributed by atoms with van der Waals surface area (Å²) in [5.74, 6) is 0. The van der Waals surface area contributed by atoms with Crippen molar-refractivity contribution in [2.45, 2.75) is 55.4 Å². The van der Waals surface area contributed by atoms with E-state index in [1.54, 1.807) is 28.6 Å². The van der Waals surface area contributed by atoms with Crippen molar-refractivity contribution < 1.29 is 13.5 Å². The fourth-order valence-corrected chi connectivity index (χ4v) is 5.08. The number of aliphatic hydroxyl groups is 1. The van der Waals surface area contributed by atoms with Crippen molar-refractivity contribution in [2.75, 3.05) is 12.8 Å². The van der Waals surface area contributed by atoms with Crippen LogP contribution in [-0.2, 0) is 23.2 Å². The number of sulfonamides is 1. The van der Waals surface area contributed by atoms with Gasteiger partial charge in [0, 0.05) is 29.7 Å². The first-order chi connectivity index (χ1) is 9.96. The molecule has 0 bridgehead atoms. The summed E-state index contributed by atoms with van der Waals surface area (Å²) in [5, 5.41) is 9.27. The first kappa shape index (κ1) is 16.9. The summed E-state index contributed by atoms with van der Waals surface area (Å²) in [6.45, 7) is 2.88. The number of aliphatic hydroxyl groups excluding tert-OH is 1. The monoisotopic (exact) mass is 332 g/mol. The minimum absolute atomic E-state index is 0.0419. The van der Waals surface area contributed by atoms with Crippen LogP contribution >= 0.6 is 11.8 Å². The van der Waals surface area contributed by atoms with Crippen LogP contribution in [0.2, 0.25) is 0 Å². The van der Waals surface area contributed by atoms with E-state index in [1.807, 2.05) is 6.92 Å². The van der Waals surface area contributed by atoms with Gasteiger partial charge in [-0.05, 0) is 32.1 Å². The van der Waals surface area contributed by atoms with E-state index in [9.17, 15) is 13.5 Å². The molecule has 0 unspecified atom stereocenters. The van der Waals surface area contributed by atoms with Crippen molar-refractivity contribution in [1.29, 1.82) is 0 Å². The molecule has 0 atom stereocenters. The molecule has 21 heavy (non-hydrogen) atoms. The Morgan fingerprint density at radius 1 is 1.43 bits per heavy atom. The third-order valence-corrected chi connectivity index (χ3v) is 7.09. The van der Waals surface area contributed by atoms with E-state index in [0.29, 0.717) is 18.8 Å². The van der Waals surface area contributed by atoms with Gasteiger partial charge in [0.2, 0.25) is 10.0 Å². The maximum absolute atomic E-state index is 12.4. The number of nitrogens with one attached hydrogen (secondary N) is 1. The summed E-state index contributed by atoms with van der Waals surface area (Å²) in [6.07, 6.45) is 8.11. The number of rotatable bonds is 7. The molecule has 7 heteroatoms. The average molecular weight is 332 g/mol. The number of aryl methyl sites for hydroxylation is 1. The molecule has 0 aromatic carbocycles. The van der Waals surface area contributed by atoms with Crippen LogP contribution in [-0.4, -0.2) is 35.6 Å². The zero-order chi connectivity index (χ0) is 15.5.